The second-order valence-electron chi connectivity index (χ2n) is 5.50. The Bertz CT molecular complexity index is 894. The monoisotopic (exact) mass is 369 g/mol. The van der Waals surface area contributed by atoms with E-state index in [1.165, 1.54) is 40.9 Å². The van der Waals surface area contributed by atoms with Crippen molar-refractivity contribution >= 4 is 34.8 Å². The molecular formula is C18H15N3O4S. The lowest BCUT2D eigenvalue weighted by Crippen LogP contribution is -2.31. The fourth-order valence-corrected chi connectivity index (χ4v) is 3.53. The van der Waals surface area contributed by atoms with Gasteiger partial charge >= 0.3 is 0 Å². The molecule has 1 aromatic heterocycles. The summed E-state index contributed by atoms with van der Waals surface area (Å²) in [6, 6.07) is 9.21. The molecule has 0 spiro atoms. The number of nitro benzene ring substituents is 1. The van der Waals surface area contributed by atoms with Gasteiger partial charge in [-0.05, 0) is 35.1 Å². The minimum Gasteiger partial charge on any atom is -0.269 e. The summed E-state index contributed by atoms with van der Waals surface area (Å²) in [7, 11) is 0. The van der Waals surface area contributed by atoms with Crippen molar-refractivity contribution in [3.05, 3.63) is 74.9 Å². The molecule has 1 aliphatic heterocycles. The Hall–Kier alpha value is -3.00. The molecule has 0 fully saturated rings. The van der Waals surface area contributed by atoms with E-state index in [2.05, 4.69) is 4.98 Å². The lowest BCUT2D eigenvalue weighted by Gasteiger charge is -2.14. The largest absolute Gasteiger partial charge is 0.269 e. The zero-order valence-corrected chi connectivity index (χ0v) is 14.7. The second kappa shape index (κ2) is 7.49. The molecule has 8 heteroatoms. The highest BCUT2D eigenvalue weighted by Crippen LogP contribution is 2.37. The minimum absolute atomic E-state index is 0.0666. The summed E-state index contributed by atoms with van der Waals surface area (Å²) in [5.41, 5.74) is 1.47. The minimum atomic E-state index is -0.504. The number of carbonyl (C=O) groups is 2. The molecule has 2 aromatic rings. The summed E-state index contributed by atoms with van der Waals surface area (Å²) in [6.07, 6.45) is 3.23. The molecule has 0 N–H and O–H groups in total. The van der Waals surface area contributed by atoms with Gasteiger partial charge in [0.2, 0.25) is 0 Å². The van der Waals surface area contributed by atoms with Crippen LogP contribution in [0.2, 0.25) is 0 Å². The number of carbonyl (C=O) groups excluding carboxylic acids is 2. The summed E-state index contributed by atoms with van der Waals surface area (Å²) in [4.78, 5) is 41.6. The van der Waals surface area contributed by atoms with Crippen molar-refractivity contribution in [2.75, 3.05) is 5.75 Å². The maximum atomic E-state index is 12.9. The Morgan fingerprint density at radius 2 is 1.88 bits per heavy atom. The maximum absolute atomic E-state index is 12.9. The van der Waals surface area contributed by atoms with Crippen LogP contribution in [-0.2, 0) is 16.1 Å². The van der Waals surface area contributed by atoms with Crippen LogP contribution in [-0.4, -0.2) is 32.4 Å². The van der Waals surface area contributed by atoms with Crippen molar-refractivity contribution in [1.82, 2.24) is 9.88 Å². The number of pyridine rings is 1. The van der Waals surface area contributed by atoms with Gasteiger partial charge in [0.05, 0.1) is 21.9 Å². The molecule has 2 heterocycles. The number of amides is 2. The molecule has 0 aliphatic carbocycles. The number of imide groups is 1. The van der Waals surface area contributed by atoms with E-state index >= 15 is 0 Å². The number of nitrogens with zero attached hydrogens (tertiary/aromatic N) is 3. The van der Waals surface area contributed by atoms with Gasteiger partial charge in [-0.15, -0.1) is 11.8 Å². The van der Waals surface area contributed by atoms with Gasteiger partial charge in [-0.3, -0.25) is 29.6 Å². The van der Waals surface area contributed by atoms with Gasteiger partial charge in [0, 0.05) is 24.5 Å². The SMILES string of the molecule is CCSC1=C(c2ccc([N+](=O)[O-])cc2)C(=O)N(Cc2cccnc2)C1=O. The molecule has 26 heavy (non-hydrogen) atoms. The molecule has 2 amide bonds. The fourth-order valence-electron chi connectivity index (χ4n) is 2.65. The summed E-state index contributed by atoms with van der Waals surface area (Å²) < 4.78 is 0. The average molecular weight is 369 g/mol. The zero-order chi connectivity index (χ0) is 18.7. The average Bonchev–Trinajstić information content (AvgIpc) is 2.87. The quantitative estimate of drug-likeness (QED) is 0.441. The number of hydrogen-bond acceptors (Lipinski definition) is 6. The number of nitro groups is 1. The molecule has 0 radical (unpaired) electrons. The Morgan fingerprint density at radius 1 is 1.15 bits per heavy atom. The number of benzene rings is 1. The van der Waals surface area contributed by atoms with Crippen LogP contribution in [0.15, 0.2) is 53.7 Å². The number of hydrogen-bond donors (Lipinski definition) is 0. The summed E-state index contributed by atoms with van der Waals surface area (Å²) in [5.74, 6) is -0.117. The number of rotatable bonds is 6. The van der Waals surface area contributed by atoms with Crippen LogP contribution in [0.5, 0.6) is 0 Å². The lowest BCUT2D eigenvalue weighted by atomic mass is 10.1. The van der Waals surface area contributed by atoms with E-state index in [0.717, 1.165) is 5.56 Å². The molecule has 132 valence electrons. The first-order chi connectivity index (χ1) is 12.5. The first kappa shape index (κ1) is 17.8. The van der Waals surface area contributed by atoms with E-state index in [0.29, 0.717) is 21.8 Å². The third kappa shape index (κ3) is 3.36. The van der Waals surface area contributed by atoms with Gasteiger partial charge in [-0.2, -0.15) is 0 Å². The Morgan fingerprint density at radius 3 is 2.46 bits per heavy atom. The van der Waals surface area contributed by atoms with E-state index in [9.17, 15) is 19.7 Å². The standard InChI is InChI=1S/C18H15N3O4S/c1-2-26-16-15(13-5-7-14(8-6-13)21(24)25)17(22)20(18(16)23)11-12-4-3-9-19-10-12/h3-10H,2,11H2,1H3. The van der Waals surface area contributed by atoms with Gasteiger partial charge in [0.25, 0.3) is 17.5 Å². The molecule has 0 unspecified atom stereocenters. The van der Waals surface area contributed by atoms with Crippen molar-refractivity contribution in [3.8, 4) is 0 Å². The molecule has 3 rings (SSSR count). The zero-order valence-electron chi connectivity index (χ0n) is 13.9. The van der Waals surface area contributed by atoms with Crippen molar-refractivity contribution in [2.24, 2.45) is 0 Å². The van der Waals surface area contributed by atoms with Crippen LogP contribution < -0.4 is 0 Å². The molecule has 7 nitrogen and oxygen atoms in total. The van der Waals surface area contributed by atoms with Crippen molar-refractivity contribution in [1.29, 1.82) is 0 Å². The first-order valence-corrected chi connectivity index (χ1v) is 8.88. The topological polar surface area (TPSA) is 93.4 Å². The third-order valence-electron chi connectivity index (χ3n) is 3.84. The molecule has 1 aliphatic rings. The van der Waals surface area contributed by atoms with Crippen molar-refractivity contribution < 1.29 is 14.5 Å². The number of aromatic nitrogens is 1. The first-order valence-electron chi connectivity index (χ1n) is 7.90. The van der Waals surface area contributed by atoms with Crippen LogP contribution in [0.25, 0.3) is 5.57 Å². The Balaban J connectivity index is 1.96. The molecule has 0 saturated heterocycles. The molecule has 1 aromatic carbocycles. The molecular weight excluding hydrogens is 354 g/mol. The highest BCUT2D eigenvalue weighted by atomic mass is 32.2. The number of non-ortho nitro benzene ring substituents is 1. The maximum Gasteiger partial charge on any atom is 0.269 e. The van der Waals surface area contributed by atoms with Gasteiger partial charge in [-0.25, -0.2) is 0 Å². The van der Waals surface area contributed by atoms with E-state index in [-0.39, 0.29) is 18.1 Å². The van der Waals surface area contributed by atoms with Gasteiger partial charge < -0.3 is 0 Å². The Kier molecular flexibility index (Phi) is 5.13. The van der Waals surface area contributed by atoms with Gasteiger partial charge in [0.15, 0.2) is 0 Å². The third-order valence-corrected chi connectivity index (χ3v) is 4.80. The lowest BCUT2D eigenvalue weighted by molar-refractivity contribution is -0.384. The van der Waals surface area contributed by atoms with E-state index in [4.69, 9.17) is 0 Å². The smallest absolute Gasteiger partial charge is 0.269 e. The fraction of sp³-hybridized carbons (Fsp3) is 0.167. The predicted molar refractivity (Wildman–Crippen MR) is 97.9 cm³/mol. The molecule has 0 bridgehead atoms. The van der Waals surface area contributed by atoms with Crippen LogP contribution >= 0.6 is 11.8 Å². The highest BCUT2D eigenvalue weighted by molar-refractivity contribution is 8.04. The number of thioether (sulfide) groups is 1. The highest BCUT2D eigenvalue weighted by Gasteiger charge is 2.39. The summed E-state index contributed by atoms with van der Waals surface area (Å²) in [6.45, 7) is 2.03. The van der Waals surface area contributed by atoms with Gasteiger partial charge in [0.1, 0.15) is 0 Å². The van der Waals surface area contributed by atoms with E-state index in [1.807, 2.05) is 6.92 Å². The van der Waals surface area contributed by atoms with E-state index < -0.39 is 10.8 Å². The van der Waals surface area contributed by atoms with Crippen molar-refractivity contribution in [3.63, 3.8) is 0 Å². The van der Waals surface area contributed by atoms with E-state index in [1.54, 1.807) is 24.5 Å². The second-order valence-corrected chi connectivity index (χ2v) is 6.77. The van der Waals surface area contributed by atoms with Crippen LogP contribution in [0.1, 0.15) is 18.1 Å². The molecule has 0 saturated carbocycles. The van der Waals surface area contributed by atoms with Crippen molar-refractivity contribution in [2.45, 2.75) is 13.5 Å². The van der Waals surface area contributed by atoms with Crippen LogP contribution in [0, 0.1) is 10.1 Å². The summed E-state index contributed by atoms with van der Waals surface area (Å²) >= 11 is 1.30. The van der Waals surface area contributed by atoms with Crippen LogP contribution in [0.4, 0.5) is 5.69 Å². The molecule has 0 atom stereocenters. The predicted octanol–water partition coefficient (Wildman–Crippen LogP) is 3.02. The normalized spacial score (nSPS) is 14.3. The Labute approximate surface area is 153 Å². The van der Waals surface area contributed by atoms with Gasteiger partial charge in [-0.1, -0.05) is 13.0 Å². The summed E-state index contributed by atoms with van der Waals surface area (Å²) in [5, 5.41) is 10.8. The van der Waals surface area contributed by atoms with Crippen LogP contribution in [0.3, 0.4) is 0 Å².